The van der Waals surface area contributed by atoms with Crippen LogP contribution in [0.15, 0.2) is 24.3 Å². The highest BCUT2D eigenvalue weighted by atomic mass is 16.5. The summed E-state index contributed by atoms with van der Waals surface area (Å²) in [7, 11) is 1.62. The van der Waals surface area contributed by atoms with Gasteiger partial charge in [-0.25, -0.2) is 0 Å². The first-order valence-corrected chi connectivity index (χ1v) is 8.50. The van der Waals surface area contributed by atoms with E-state index in [0.717, 1.165) is 24.2 Å². The molecular formula is C18H25N3O3. The number of carbonyl (C=O) groups is 2. The molecule has 6 nitrogen and oxygen atoms in total. The number of nitrogens with one attached hydrogen (secondary N) is 1. The van der Waals surface area contributed by atoms with E-state index in [1.54, 1.807) is 12.0 Å². The van der Waals surface area contributed by atoms with E-state index < -0.39 is 11.5 Å². The topological polar surface area (TPSA) is 84.7 Å². The average molecular weight is 331 g/mol. The molecule has 2 amide bonds. The summed E-state index contributed by atoms with van der Waals surface area (Å²) in [4.78, 5) is 27.2. The Morgan fingerprint density at radius 1 is 1.33 bits per heavy atom. The third kappa shape index (κ3) is 2.86. The van der Waals surface area contributed by atoms with E-state index >= 15 is 0 Å². The number of nitrogens with zero attached hydrogens (tertiary/aromatic N) is 1. The third-order valence-corrected chi connectivity index (χ3v) is 5.05. The molecule has 130 valence electrons. The largest absolute Gasteiger partial charge is 0.497 e. The average Bonchev–Trinajstić information content (AvgIpc) is 3.31. The maximum atomic E-state index is 13.2. The van der Waals surface area contributed by atoms with Crippen molar-refractivity contribution in [3.05, 3.63) is 29.8 Å². The second-order valence-electron chi connectivity index (χ2n) is 6.67. The highest BCUT2D eigenvalue weighted by molar-refractivity contribution is 5.95. The Morgan fingerprint density at radius 3 is 2.54 bits per heavy atom. The van der Waals surface area contributed by atoms with E-state index in [2.05, 4.69) is 5.32 Å². The summed E-state index contributed by atoms with van der Waals surface area (Å²) < 4.78 is 5.19. The molecule has 1 aliphatic carbocycles. The Labute approximate surface area is 142 Å². The first-order valence-electron chi connectivity index (χ1n) is 8.50. The Morgan fingerprint density at radius 2 is 2.00 bits per heavy atom. The van der Waals surface area contributed by atoms with Gasteiger partial charge in [-0.1, -0.05) is 12.1 Å². The molecular weight excluding hydrogens is 306 g/mol. The number of carbonyl (C=O) groups excluding carboxylic acids is 2. The SMILES string of the molecule is CCNC(=O)[C@@H]1C[C@@H](N)CN1C(=O)C1(c2ccc(OC)cc2)CC1. The van der Waals surface area contributed by atoms with Gasteiger partial charge in [0.1, 0.15) is 11.8 Å². The van der Waals surface area contributed by atoms with Gasteiger partial charge in [0.25, 0.3) is 0 Å². The van der Waals surface area contributed by atoms with Crippen LogP contribution in [0.25, 0.3) is 0 Å². The van der Waals surface area contributed by atoms with E-state index in [-0.39, 0.29) is 17.9 Å². The van der Waals surface area contributed by atoms with Crippen molar-refractivity contribution in [1.82, 2.24) is 10.2 Å². The number of likely N-dealkylation sites (N-methyl/N-ethyl adjacent to an activating group) is 1. The van der Waals surface area contributed by atoms with E-state index in [9.17, 15) is 9.59 Å². The second-order valence-corrected chi connectivity index (χ2v) is 6.67. The number of nitrogens with two attached hydrogens (primary N) is 1. The molecule has 2 fully saturated rings. The molecule has 0 spiro atoms. The van der Waals surface area contributed by atoms with Crippen molar-refractivity contribution < 1.29 is 14.3 Å². The van der Waals surface area contributed by atoms with Crippen molar-refractivity contribution in [3.63, 3.8) is 0 Å². The van der Waals surface area contributed by atoms with E-state index in [1.165, 1.54) is 0 Å². The predicted octanol–water partition coefficient (Wildman–Crippen LogP) is 0.791. The van der Waals surface area contributed by atoms with E-state index in [1.807, 2.05) is 31.2 Å². The van der Waals surface area contributed by atoms with Crippen molar-refractivity contribution in [2.24, 2.45) is 5.73 Å². The number of rotatable bonds is 5. The lowest BCUT2D eigenvalue weighted by Gasteiger charge is -2.28. The van der Waals surface area contributed by atoms with Gasteiger partial charge in [-0.3, -0.25) is 9.59 Å². The molecule has 0 unspecified atom stereocenters. The summed E-state index contributed by atoms with van der Waals surface area (Å²) >= 11 is 0. The van der Waals surface area contributed by atoms with Gasteiger partial charge < -0.3 is 20.7 Å². The lowest BCUT2D eigenvalue weighted by atomic mass is 9.93. The highest BCUT2D eigenvalue weighted by Gasteiger charge is 2.55. The van der Waals surface area contributed by atoms with Gasteiger partial charge >= 0.3 is 0 Å². The number of methoxy groups -OCH3 is 1. The van der Waals surface area contributed by atoms with Crippen LogP contribution in [0.2, 0.25) is 0 Å². The van der Waals surface area contributed by atoms with Crippen LogP contribution in [-0.2, 0) is 15.0 Å². The van der Waals surface area contributed by atoms with Gasteiger partial charge in [-0.2, -0.15) is 0 Å². The van der Waals surface area contributed by atoms with E-state index in [4.69, 9.17) is 10.5 Å². The van der Waals surface area contributed by atoms with Crippen molar-refractivity contribution >= 4 is 11.8 Å². The molecule has 3 N–H and O–H groups in total. The minimum absolute atomic E-state index is 0.0249. The number of hydrogen-bond acceptors (Lipinski definition) is 4. The maximum Gasteiger partial charge on any atom is 0.242 e. The van der Waals surface area contributed by atoms with Crippen LogP contribution in [0, 0.1) is 0 Å². The van der Waals surface area contributed by atoms with Gasteiger partial charge in [0, 0.05) is 19.1 Å². The molecule has 3 rings (SSSR count). The van der Waals surface area contributed by atoms with Crippen LogP contribution < -0.4 is 15.8 Å². The number of benzene rings is 1. The summed E-state index contributed by atoms with van der Waals surface area (Å²) in [5, 5.41) is 2.81. The predicted molar refractivity (Wildman–Crippen MR) is 90.7 cm³/mol. The lowest BCUT2D eigenvalue weighted by Crippen LogP contribution is -2.49. The van der Waals surface area contributed by atoms with Gasteiger partial charge in [-0.05, 0) is 43.9 Å². The van der Waals surface area contributed by atoms with Crippen molar-refractivity contribution in [1.29, 1.82) is 0 Å². The fraction of sp³-hybridized carbons (Fsp3) is 0.556. The molecule has 1 aromatic carbocycles. The Hall–Kier alpha value is -2.08. The Bertz CT molecular complexity index is 625. The normalized spacial score (nSPS) is 24.5. The molecule has 0 aromatic heterocycles. The van der Waals surface area contributed by atoms with Crippen LogP contribution >= 0.6 is 0 Å². The zero-order chi connectivity index (χ0) is 17.3. The fourth-order valence-corrected chi connectivity index (χ4v) is 3.57. The molecule has 24 heavy (non-hydrogen) atoms. The molecule has 2 atom stereocenters. The monoisotopic (exact) mass is 331 g/mol. The van der Waals surface area contributed by atoms with Crippen molar-refractivity contribution in [2.45, 2.75) is 43.7 Å². The second kappa shape index (κ2) is 6.43. The molecule has 6 heteroatoms. The van der Waals surface area contributed by atoms with Crippen LogP contribution in [-0.4, -0.2) is 49.0 Å². The van der Waals surface area contributed by atoms with Crippen molar-refractivity contribution in [2.75, 3.05) is 20.2 Å². The molecule has 1 heterocycles. The number of amides is 2. The van der Waals surface area contributed by atoms with Gasteiger partial charge in [0.05, 0.1) is 12.5 Å². The van der Waals surface area contributed by atoms with Crippen LogP contribution in [0.3, 0.4) is 0 Å². The van der Waals surface area contributed by atoms with Crippen molar-refractivity contribution in [3.8, 4) is 5.75 Å². The number of hydrogen-bond donors (Lipinski definition) is 2. The summed E-state index contributed by atoms with van der Waals surface area (Å²) in [6.07, 6.45) is 2.15. The smallest absolute Gasteiger partial charge is 0.242 e. The Kier molecular flexibility index (Phi) is 4.49. The zero-order valence-corrected chi connectivity index (χ0v) is 14.2. The fourth-order valence-electron chi connectivity index (χ4n) is 3.57. The van der Waals surface area contributed by atoms with Crippen LogP contribution in [0.1, 0.15) is 31.7 Å². The molecule has 0 radical (unpaired) electrons. The molecule has 1 aliphatic heterocycles. The number of ether oxygens (including phenoxy) is 1. The highest BCUT2D eigenvalue weighted by Crippen LogP contribution is 2.50. The first kappa shape index (κ1) is 16.8. The summed E-state index contributed by atoms with van der Waals surface area (Å²) in [6.45, 7) is 2.87. The molecule has 0 bridgehead atoms. The van der Waals surface area contributed by atoms with Crippen LogP contribution in [0.5, 0.6) is 5.75 Å². The first-order chi connectivity index (χ1) is 11.5. The summed E-state index contributed by atoms with van der Waals surface area (Å²) in [5.41, 5.74) is 6.53. The van der Waals surface area contributed by atoms with Gasteiger partial charge in [0.15, 0.2) is 0 Å². The van der Waals surface area contributed by atoms with E-state index in [0.29, 0.717) is 19.5 Å². The maximum absolute atomic E-state index is 13.2. The standard InChI is InChI=1S/C18H25N3O3/c1-3-20-16(22)15-10-13(19)11-21(15)17(23)18(8-9-18)12-4-6-14(24-2)7-5-12/h4-7,13,15H,3,8-11,19H2,1-2H3,(H,20,22)/t13-,15+/m1/s1. The van der Waals surface area contributed by atoms with Gasteiger partial charge in [-0.15, -0.1) is 0 Å². The van der Waals surface area contributed by atoms with Gasteiger partial charge in [0.2, 0.25) is 11.8 Å². The molecule has 1 saturated carbocycles. The lowest BCUT2D eigenvalue weighted by molar-refractivity contribution is -0.140. The molecule has 2 aliphatic rings. The minimum atomic E-state index is -0.499. The molecule has 1 saturated heterocycles. The zero-order valence-electron chi connectivity index (χ0n) is 14.2. The summed E-state index contributed by atoms with van der Waals surface area (Å²) in [5.74, 6) is 0.687. The number of likely N-dealkylation sites (tertiary alicyclic amines) is 1. The third-order valence-electron chi connectivity index (χ3n) is 5.05. The minimum Gasteiger partial charge on any atom is -0.497 e. The Balaban J connectivity index is 1.82. The summed E-state index contributed by atoms with van der Waals surface area (Å²) in [6, 6.07) is 7.04. The quantitative estimate of drug-likeness (QED) is 0.835. The van der Waals surface area contributed by atoms with Crippen LogP contribution in [0.4, 0.5) is 0 Å². The molecule has 1 aromatic rings.